The van der Waals surface area contributed by atoms with Crippen molar-refractivity contribution >= 4 is 22.1 Å². The van der Waals surface area contributed by atoms with Gasteiger partial charge >= 0.3 is 0 Å². The molecule has 1 saturated carbocycles. The van der Waals surface area contributed by atoms with Crippen LogP contribution >= 0.6 is 0 Å². The molecule has 2 N–H and O–H groups in total. The predicted molar refractivity (Wildman–Crippen MR) is 138 cm³/mol. The number of fused-ring (bicyclic) bond motifs is 1. The molecule has 0 saturated heterocycles. The van der Waals surface area contributed by atoms with Crippen LogP contribution in [0.5, 0.6) is 5.75 Å². The Morgan fingerprint density at radius 1 is 1.32 bits per heavy atom. The van der Waals surface area contributed by atoms with E-state index in [2.05, 4.69) is 36.4 Å². The second-order valence-electron chi connectivity index (χ2n) is 8.76. The number of unbranched alkanes of at least 4 members (excludes halogenated alkanes) is 1. The normalized spacial score (nSPS) is 17.3. The van der Waals surface area contributed by atoms with Gasteiger partial charge in [-0.1, -0.05) is 49.5 Å². The van der Waals surface area contributed by atoms with Gasteiger partial charge in [0, 0.05) is 35.7 Å². The zero-order valence-electron chi connectivity index (χ0n) is 19.8. The van der Waals surface area contributed by atoms with Gasteiger partial charge < -0.3 is 4.74 Å². The van der Waals surface area contributed by atoms with Gasteiger partial charge in [0.2, 0.25) is 0 Å². The third-order valence-electron chi connectivity index (χ3n) is 6.30. The van der Waals surface area contributed by atoms with E-state index >= 15 is 0 Å². The number of hydrogen-bond donors (Lipinski definition) is 1. The topological polar surface area (TPSA) is 78.1 Å². The summed E-state index contributed by atoms with van der Waals surface area (Å²) in [5, 5.41) is 5.55. The number of aromatic nitrogens is 2. The number of rotatable bonds is 7. The van der Waals surface area contributed by atoms with Crippen LogP contribution in [0.2, 0.25) is 0 Å². The maximum atomic E-state index is 11.7. The molecule has 0 radical (unpaired) electrons. The van der Waals surface area contributed by atoms with E-state index in [9.17, 15) is 4.21 Å². The van der Waals surface area contributed by atoms with Crippen LogP contribution in [0, 0.1) is 17.8 Å². The molecule has 0 aromatic carbocycles. The van der Waals surface area contributed by atoms with Crippen molar-refractivity contribution in [2.45, 2.75) is 63.4 Å². The Hall–Kier alpha value is -3.01. The lowest BCUT2D eigenvalue weighted by Crippen LogP contribution is -2.16. The largest absolute Gasteiger partial charge is 0.485 e. The quantitative estimate of drug-likeness (QED) is 0.431. The van der Waals surface area contributed by atoms with Crippen molar-refractivity contribution in [2.24, 2.45) is 11.1 Å². The minimum atomic E-state index is -1.57. The summed E-state index contributed by atoms with van der Waals surface area (Å²) >= 11 is 0. The van der Waals surface area contributed by atoms with Crippen molar-refractivity contribution in [3.8, 4) is 17.6 Å². The predicted octanol–water partition coefficient (Wildman–Crippen LogP) is 5.41. The Morgan fingerprint density at radius 2 is 2.15 bits per heavy atom. The molecule has 1 fully saturated rings. The Balaban J connectivity index is 1.92. The number of pyridine rings is 2. The summed E-state index contributed by atoms with van der Waals surface area (Å²) in [5.41, 5.74) is 6.00. The van der Waals surface area contributed by atoms with E-state index in [1.165, 1.54) is 24.8 Å². The second kappa shape index (κ2) is 10.9. The molecule has 0 amide bonds. The van der Waals surface area contributed by atoms with Gasteiger partial charge in [-0.05, 0) is 50.3 Å². The summed E-state index contributed by atoms with van der Waals surface area (Å²) in [6.07, 6.45) is 13.5. The maximum absolute atomic E-state index is 11.7. The number of allylic oxidation sites excluding steroid dienone is 4. The summed E-state index contributed by atoms with van der Waals surface area (Å²) in [6.45, 7) is 7.89. The van der Waals surface area contributed by atoms with E-state index in [4.69, 9.17) is 14.9 Å². The molecular formula is C28H31N3O2S. The Morgan fingerprint density at radius 3 is 2.76 bits per heavy atom. The van der Waals surface area contributed by atoms with E-state index in [0.29, 0.717) is 16.6 Å². The first-order chi connectivity index (χ1) is 16.5. The highest BCUT2D eigenvalue weighted by Gasteiger charge is 2.27. The molecule has 2 aliphatic carbocycles. The number of nitrogens with zero attached hydrogens (tertiary/aromatic N) is 2. The fourth-order valence-corrected chi connectivity index (χ4v) is 4.48. The Kier molecular flexibility index (Phi) is 7.77. The third-order valence-corrected chi connectivity index (χ3v) is 7.01. The van der Waals surface area contributed by atoms with Gasteiger partial charge in [0.15, 0.2) is 0 Å². The highest BCUT2D eigenvalue weighted by atomic mass is 32.2. The molecule has 2 unspecified atom stereocenters. The molecule has 4 rings (SSSR count). The minimum absolute atomic E-state index is 0.126. The van der Waals surface area contributed by atoms with Gasteiger partial charge in [-0.3, -0.25) is 9.97 Å². The fraction of sp³-hybridized carbons (Fsp3) is 0.357. The van der Waals surface area contributed by atoms with Crippen molar-refractivity contribution in [1.29, 1.82) is 0 Å². The maximum Gasteiger partial charge on any atom is 0.139 e. The summed E-state index contributed by atoms with van der Waals surface area (Å²) < 4.78 is 17.7. The van der Waals surface area contributed by atoms with Gasteiger partial charge in [0.1, 0.15) is 22.8 Å². The van der Waals surface area contributed by atoms with Crippen LogP contribution in [0.15, 0.2) is 59.8 Å². The van der Waals surface area contributed by atoms with Crippen LogP contribution in [0.1, 0.15) is 62.9 Å². The lowest BCUT2D eigenvalue weighted by molar-refractivity contribution is 0.269. The fourth-order valence-electron chi connectivity index (χ4n) is 4.12. The molecule has 2 aromatic heterocycles. The van der Waals surface area contributed by atoms with E-state index in [-0.39, 0.29) is 6.10 Å². The highest BCUT2D eigenvalue weighted by molar-refractivity contribution is 7.82. The molecule has 2 aliphatic rings. The van der Waals surface area contributed by atoms with Crippen LogP contribution in [-0.4, -0.2) is 20.3 Å². The number of hydrogen-bond acceptors (Lipinski definition) is 4. The van der Waals surface area contributed by atoms with Gasteiger partial charge in [-0.25, -0.2) is 9.35 Å². The molecule has 0 aliphatic heterocycles. The highest BCUT2D eigenvalue weighted by Crippen LogP contribution is 2.41. The van der Waals surface area contributed by atoms with Crippen molar-refractivity contribution in [3.63, 3.8) is 0 Å². The van der Waals surface area contributed by atoms with E-state index < -0.39 is 11.0 Å². The van der Waals surface area contributed by atoms with Gasteiger partial charge in [-0.15, -0.1) is 0 Å². The number of ether oxygens (including phenoxy) is 1. The lowest BCUT2D eigenvalue weighted by atomic mass is 9.77. The van der Waals surface area contributed by atoms with Crippen LogP contribution in [0.25, 0.3) is 11.1 Å². The van der Waals surface area contributed by atoms with Crippen LogP contribution < -0.4 is 9.88 Å². The molecule has 2 heterocycles. The molecule has 0 spiro atoms. The zero-order chi connectivity index (χ0) is 24.1. The van der Waals surface area contributed by atoms with Crippen molar-refractivity contribution in [3.05, 3.63) is 71.8 Å². The van der Waals surface area contributed by atoms with E-state index in [1.807, 2.05) is 19.1 Å². The van der Waals surface area contributed by atoms with Gasteiger partial charge in [0.05, 0.1) is 22.5 Å². The molecule has 6 heteroatoms. The van der Waals surface area contributed by atoms with Gasteiger partial charge in [0.25, 0.3) is 0 Å². The van der Waals surface area contributed by atoms with Crippen LogP contribution in [0.3, 0.4) is 0 Å². The van der Waals surface area contributed by atoms with Crippen molar-refractivity contribution < 1.29 is 8.95 Å². The molecule has 176 valence electrons. The summed E-state index contributed by atoms with van der Waals surface area (Å²) in [7, 11) is -1.57. The summed E-state index contributed by atoms with van der Waals surface area (Å²) in [5.74, 6) is 8.01. The van der Waals surface area contributed by atoms with Crippen LogP contribution in [-0.2, 0) is 17.4 Å². The Labute approximate surface area is 204 Å². The lowest BCUT2D eigenvalue weighted by Gasteiger charge is -2.28. The smallest absolute Gasteiger partial charge is 0.139 e. The molecule has 0 bridgehead atoms. The molecule has 2 aromatic rings. The van der Waals surface area contributed by atoms with E-state index in [1.54, 1.807) is 24.5 Å². The van der Waals surface area contributed by atoms with Crippen molar-refractivity contribution in [1.82, 2.24) is 9.97 Å². The Bertz CT molecular complexity index is 1210. The molecule has 5 nitrogen and oxygen atoms in total. The monoisotopic (exact) mass is 473 g/mol. The van der Waals surface area contributed by atoms with Crippen molar-refractivity contribution in [2.75, 3.05) is 0 Å². The third kappa shape index (κ3) is 5.38. The summed E-state index contributed by atoms with van der Waals surface area (Å²) in [6, 6.07) is 5.69. The molecular weight excluding hydrogens is 442 g/mol. The average Bonchev–Trinajstić information content (AvgIpc) is 2.95. The summed E-state index contributed by atoms with van der Waals surface area (Å²) in [4.78, 5) is 9.95. The second-order valence-corrected chi connectivity index (χ2v) is 9.83. The van der Waals surface area contributed by atoms with Crippen LogP contribution in [0.4, 0.5) is 0 Å². The van der Waals surface area contributed by atoms with E-state index in [0.717, 1.165) is 47.4 Å². The standard InChI is InChI=1S/C28H31N3O2S/c1-4-6-7-11-24-25(27-13-12-23(18-31-27)34(29)32)14-21(20-9-8-10-20)15-28-26(24)16-22(17-30-28)33-19(3)5-2/h5,12-14,16-20H,2,4,6,8-10,15,29H2,1,3H3. The zero-order valence-corrected chi connectivity index (χ0v) is 20.7. The molecule has 2 atom stereocenters. The first-order valence-corrected chi connectivity index (χ1v) is 13.1. The number of nitrogens with two attached hydrogens (primary N) is 1. The SMILES string of the molecule is C=CC(C)Oc1cnc2c(c1)C(C#CCCC)=C(c1ccc(S(N)=O)cn1)C=C(C1CCC1)C2. The average molecular weight is 474 g/mol. The first kappa shape index (κ1) is 24.1. The first-order valence-electron chi connectivity index (χ1n) is 11.8. The van der Waals surface area contributed by atoms with Gasteiger partial charge in [-0.2, -0.15) is 0 Å². The minimum Gasteiger partial charge on any atom is -0.485 e. The molecule has 34 heavy (non-hydrogen) atoms.